The quantitative estimate of drug-likeness (QED) is 0.159. The van der Waals surface area contributed by atoms with Crippen LogP contribution in [0.4, 0.5) is 0 Å². The van der Waals surface area contributed by atoms with Crippen molar-refractivity contribution >= 4 is 108 Å². The number of benzene rings is 12. The molecule has 0 unspecified atom stereocenters. The molecule has 0 spiro atoms. The van der Waals surface area contributed by atoms with Gasteiger partial charge >= 0.3 is 0 Å². The number of hydrogen-bond acceptors (Lipinski definition) is 0. The van der Waals surface area contributed by atoms with E-state index < -0.39 is 0 Å². The Morgan fingerprint density at radius 3 is 1.45 bits per heavy atom. The highest BCUT2D eigenvalue weighted by molar-refractivity contribution is 6.38. The van der Waals surface area contributed by atoms with E-state index in [4.69, 9.17) is 0 Å². The van der Waals surface area contributed by atoms with Gasteiger partial charge < -0.3 is 9.13 Å². The van der Waals surface area contributed by atoms with E-state index in [2.05, 4.69) is 215 Å². The molecule has 14 aromatic rings. The van der Waals surface area contributed by atoms with Gasteiger partial charge in [0, 0.05) is 32.9 Å². The van der Waals surface area contributed by atoms with Crippen molar-refractivity contribution in [1.29, 1.82) is 0 Å². The Morgan fingerprint density at radius 1 is 0.217 bits per heavy atom. The first-order valence-corrected chi connectivity index (χ1v) is 20.8. The number of aromatic nitrogens is 2. The molecule has 0 saturated heterocycles. The second-order valence-electron chi connectivity index (χ2n) is 16.4. The molecule has 0 bridgehead atoms. The molecule has 2 heterocycles. The largest absolute Gasteiger partial charge is 0.309 e. The number of rotatable bonds is 3. The fourth-order valence-electron chi connectivity index (χ4n) is 10.9. The molecule has 0 N–H and O–H groups in total. The summed E-state index contributed by atoms with van der Waals surface area (Å²) in [6, 6.07) is 76.7. The molecule has 60 heavy (non-hydrogen) atoms. The lowest BCUT2D eigenvalue weighted by molar-refractivity contribution is 1.18. The van der Waals surface area contributed by atoms with Crippen LogP contribution < -0.4 is 0 Å². The maximum Gasteiger partial charge on any atom is 0.0547 e. The van der Waals surface area contributed by atoms with Gasteiger partial charge in [0.2, 0.25) is 0 Å². The minimum absolute atomic E-state index is 1.17. The summed E-state index contributed by atoms with van der Waals surface area (Å²) in [4.78, 5) is 0. The first-order chi connectivity index (χ1) is 29.8. The summed E-state index contributed by atoms with van der Waals surface area (Å²) < 4.78 is 4.89. The molecular weight excluding hydrogens is 725 g/mol. The topological polar surface area (TPSA) is 9.86 Å². The van der Waals surface area contributed by atoms with Crippen LogP contribution in [-0.4, -0.2) is 9.13 Å². The fourth-order valence-corrected chi connectivity index (χ4v) is 10.9. The zero-order valence-electron chi connectivity index (χ0n) is 32.5. The van der Waals surface area contributed by atoms with Gasteiger partial charge in [0.15, 0.2) is 0 Å². The summed E-state index contributed by atoms with van der Waals surface area (Å²) in [5.74, 6) is 0. The molecular formula is C58H34N2. The molecule has 12 aromatic carbocycles. The third-order valence-corrected chi connectivity index (χ3v) is 13.4. The predicted octanol–water partition coefficient (Wildman–Crippen LogP) is 15.9. The smallest absolute Gasteiger partial charge is 0.0547 e. The van der Waals surface area contributed by atoms with Gasteiger partial charge in [-0.15, -0.1) is 0 Å². The zero-order valence-corrected chi connectivity index (χ0v) is 32.5. The lowest BCUT2D eigenvalue weighted by Crippen LogP contribution is -1.94. The van der Waals surface area contributed by atoms with E-state index in [0.29, 0.717) is 0 Å². The minimum Gasteiger partial charge on any atom is -0.309 e. The number of hydrogen-bond donors (Lipinski definition) is 0. The van der Waals surface area contributed by atoms with Gasteiger partial charge in [-0.1, -0.05) is 146 Å². The lowest BCUT2D eigenvalue weighted by atomic mass is 9.90. The average molecular weight is 759 g/mol. The molecule has 0 aliphatic heterocycles. The van der Waals surface area contributed by atoms with Crippen molar-refractivity contribution in [3.63, 3.8) is 0 Å². The number of fused-ring (bicyclic) bond motifs is 14. The molecule has 0 amide bonds. The van der Waals surface area contributed by atoms with E-state index in [0.717, 1.165) is 0 Å². The normalized spacial score (nSPS) is 12.3. The van der Waals surface area contributed by atoms with Crippen LogP contribution in [0.2, 0.25) is 0 Å². The summed E-state index contributed by atoms with van der Waals surface area (Å²) in [6.07, 6.45) is 0. The van der Waals surface area contributed by atoms with Gasteiger partial charge in [-0.3, -0.25) is 0 Å². The van der Waals surface area contributed by atoms with Crippen molar-refractivity contribution < 1.29 is 0 Å². The van der Waals surface area contributed by atoms with E-state index in [-0.39, 0.29) is 0 Å². The van der Waals surface area contributed by atoms with E-state index in [9.17, 15) is 0 Å². The molecule has 0 atom stereocenters. The van der Waals surface area contributed by atoms with Crippen molar-refractivity contribution in [2.75, 3.05) is 0 Å². The Morgan fingerprint density at radius 2 is 0.700 bits per heavy atom. The minimum atomic E-state index is 1.17. The van der Waals surface area contributed by atoms with Crippen molar-refractivity contribution in [1.82, 2.24) is 9.13 Å². The molecule has 2 aromatic heterocycles. The molecule has 0 aliphatic rings. The monoisotopic (exact) mass is 758 g/mol. The third-order valence-electron chi connectivity index (χ3n) is 13.4. The van der Waals surface area contributed by atoms with Crippen molar-refractivity contribution in [2.45, 2.75) is 0 Å². The first kappa shape index (κ1) is 32.1. The van der Waals surface area contributed by atoms with E-state index >= 15 is 0 Å². The molecule has 14 rings (SSSR count). The Hall–Kier alpha value is -7.94. The molecule has 2 nitrogen and oxygen atoms in total. The Kier molecular flexibility index (Phi) is 6.32. The van der Waals surface area contributed by atoms with Gasteiger partial charge in [0.1, 0.15) is 0 Å². The van der Waals surface area contributed by atoms with E-state index in [1.165, 1.54) is 131 Å². The maximum absolute atomic E-state index is 2.50. The summed E-state index contributed by atoms with van der Waals surface area (Å²) >= 11 is 0. The second kappa shape index (κ2) is 11.8. The summed E-state index contributed by atoms with van der Waals surface area (Å²) in [5, 5.41) is 20.7. The number of nitrogens with zero attached hydrogens (tertiary/aromatic N) is 2. The van der Waals surface area contributed by atoms with E-state index in [1.54, 1.807) is 0 Å². The van der Waals surface area contributed by atoms with Gasteiger partial charge in [0.05, 0.1) is 22.1 Å². The fraction of sp³-hybridized carbons (Fsp3) is 0. The van der Waals surface area contributed by atoms with Crippen LogP contribution in [0.25, 0.3) is 131 Å². The SMILES string of the molecule is c1ccc(-n2c3ccccc3c3cc(-c4ccc5ccc6c7cccc8c7c7c(cccc7n8-c7ccc8c9ccccc9c9ccccc9c8c7)c6c5c4)ccc32)cc1. The standard InChI is InChI=1S/C58H34N2/c1-2-12-38(13-3-1)59-52-21-9-8-18-45(52)51-33-37(27-31-53(51)59)36-25-24-35-26-29-47-46-19-10-22-54-57(46)58-48(56(47)49(35)32-36)20-11-23-55(58)60(54)39-28-30-44-42-16-5-4-14-40(42)41-15-6-7-17-43(41)50(44)34-39/h1-34H. The highest BCUT2D eigenvalue weighted by Gasteiger charge is 2.22. The molecule has 0 fully saturated rings. The van der Waals surface area contributed by atoms with Crippen LogP contribution in [0, 0.1) is 0 Å². The molecule has 276 valence electrons. The Bertz CT molecular complexity index is 4070. The highest BCUT2D eigenvalue weighted by atomic mass is 15.0. The van der Waals surface area contributed by atoms with Gasteiger partial charge in [-0.05, 0) is 136 Å². The highest BCUT2D eigenvalue weighted by Crippen LogP contribution is 2.47. The molecule has 0 saturated carbocycles. The van der Waals surface area contributed by atoms with Crippen LogP contribution >= 0.6 is 0 Å². The molecule has 0 aliphatic carbocycles. The van der Waals surface area contributed by atoms with Crippen LogP contribution in [-0.2, 0) is 0 Å². The van der Waals surface area contributed by atoms with Gasteiger partial charge in [-0.25, -0.2) is 0 Å². The number of para-hydroxylation sites is 2. The van der Waals surface area contributed by atoms with Crippen LogP contribution in [0.5, 0.6) is 0 Å². The summed E-state index contributed by atoms with van der Waals surface area (Å²) in [6.45, 7) is 0. The Balaban J connectivity index is 1.02. The first-order valence-electron chi connectivity index (χ1n) is 20.8. The molecule has 2 heteroatoms. The average Bonchev–Trinajstić information content (AvgIpc) is 3.84. The van der Waals surface area contributed by atoms with Gasteiger partial charge in [0.25, 0.3) is 0 Å². The summed E-state index contributed by atoms with van der Waals surface area (Å²) in [5.41, 5.74) is 9.71. The second-order valence-corrected chi connectivity index (χ2v) is 16.4. The van der Waals surface area contributed by atoms with Crippen molar-refractivity contribution in [2.24, 2.45) is 0 Å². The zero-order chi connectivity index (χ0) is 39.1. The predicted molar refractivity (Wildman–Crippen MR) is 257 cm³/mol. The van der Waals surface area contributed by atoms with Crippen LogP contribution in [0.3, 0.4) is 0 Å². The lowest BCUT2D eigenvalue weighted by Gasteiger charge is -2.13. The molecule has 0 radical (unpaired) electrons. The summed E-state index contributed by atoms with van der Waals surface area (Å²) in [7, 11) is 0. The van der Waals surface area contributed by atoms with E-state index in [1.807, 2.05) is 0 Å². The maximum atomic E-state index is 2.50. The Labute approximate surface area is 344 Å². The van der Waals surface area contributed by atoms with Crippen molar-refractivity contribution in [3.8, 4) is 22.5 Å². The van der Waals surface area contributed by atoms with Crippen molar-refractivity contribution in [3.05, 3.63) is 206 Å². The third kappa shape index (κ3) is 4.22. The van der Waals surface area contributed by atoms with Crippen LogP contribution in [0.15, 0.2) is 206 Å². The van der Waals surface area contributed by atoms with Gasteiger partial charge in [-0.2, -0.15) is 0 Å². The van der Waals surface area contributed by atoms with Crippen LogP contribution in [0.1, 0.15) is 0 Å².